The van der Waals surface area contributed by atoms with Crippen LogP contribution >= 0.6 is 11.3 Å². The Balaban J connectivity index is 1.43. The molecule has 0 aromatic carbocycles. The van der Waals surface area contributed by atoms with Gasteiger partial charge in [0.1, 0.15) is 16.5 Å². The van der Waals surface area contributed by atoms with E-state index in [0.29, 0.717) is 50.5 Å². The Labute approximate surface area is 168 Å². The number of amides is 2. The average molecular weight is 404 g/mol. The zero-order valence-electron chi connectivity index (χ0n) is 16.3. The molecule has 2 saturated heterocycles. The Hall–Kier alpha value is -2.19. The second kappa shape index (κ2) is 7.67. The lowest BCUT2D eigenvalue weighted by Gasteiger charge is -2.42. The van der Waals surface area contributed by atoms with Gasteiger partial charge in [-0.2, -0.15) is 0 Å². The van der Waals surface area contributed by atoms with Gasteiger partial charge in [0.15, 0.2) is 0 Å². The summed E-state index contributed by atoms with van der Waals surface area (Å²) in [5.41, 5.74) is 0.248. The van der Waals surface area contributed by atoms with E-state index in [9.17, 15) is 9.59 Å². The number of furan rings is 1. The van der Waals surface area contributed by atoms with Gasteiger partial charge in [0.05, 0.1) is 37.3 Å². The summed E-state index contributed by atoms with van der Waals surface area (Å²) >= 11 is 1.56. The summed E-state index contributed by atoms with van der Waals surface area (Å²) in [7, 11) is 0. The number of carbonyl (C=O) groups excluding carboxylic acids is 2. The highest BCUT2D eigenvalue weighted by molar-refractivity contribution is 7.09. The molecule has 28 heavy (non-hydrogen) atoms. The summed E-state index contributed by atoms with van der Waals surface area (Å²) in [6.07, 6.45) is 3.59. The molecule has 4 heterocycles. The molecule has 1 spiro atoms. The first-order valence-corrected chi connectivity index (χ1v) is 10.5. The van der Waals surface area contributed by atoms with E-state index >= 15 is 0 Å². The molecule has 2 aliphatic rings. The first-order chi connectivity index (χ1) is 13.5. The lowest BCUT2D eigenvalue weighted by molar-refractivity contribution is -0.132. The maximum atomic E-state index is 12.9. The Morgan fingerprint density at radius 3 is 2.75 bits per heavy atom. The predicted molar refractivity (Wildman–Crippen MR) is 104 cm³/mol. The Bertz CT molecular complexity index is 853. The van der Waals surface area contributed by atoms with Crippen LogP contribution in [0.15, 0.2) is 22.1 Å². The number of aryl methyl sites for hydroxylation is 2. The monoisotopic (exact) mass is 403 g/mol. The summed E-state index contributed by atoms with van der Waals surface area (Å²) in [6, 6.07) is 1.80. The van der Waals surface area contributed by atoms with Crippen molar-refractivity contribution >= 4 is 23.2 Å². The molecular weight excluding hydrogens is 378 g/mol. The minimum atomic E-state index is -0.387. The van der Waals surface area contributed by atoms with Gasteiger partial charge in [-0.25, -0.2) is 4.98 Å². The number of rotatable bonds is 3. The highest BCUT2D eigenvalue weighted by Crippen LogP contribution is 2.32. The van der Waals surface area contributed by atoms with Gasteiger partial charge in [0, 0.05) is 24.7 Å². The molecule has 2 aromatic heterocycles. The van der Waals surface area contributed by atoms with Crippen LogP contribution in [0.2, 0.25) is 0 Å². The van der Waals surface area contributed by atoms with Gasteiger partial charge in [-0.1, -0.05) is 0 Å². The molecule has 0 bridgehead atoms. The second-order valence-corrected chi connectivity index (χ2v) is 8.56. The van der Waals surface area contributed by atoms with Crippen molar-refractivity contribution in [3.8, 4) is 0 Å². The molecule has 7 nitrogen and oxygen atoms in total. The molecular formula is C20H25N3O4S. The van der Waals surface area contributed by atoms with E-state index in [1.165, 1.54) is 0 Å². The number of aromatic nitrogens is 1. The van der Waals surface area contributed by atoms with Gasteiger partial charge in [-0.05, 0) is 32.8 Å². The zero-order chi connectivity index (χ0) is 19.7. The van der Waals surface area contributed by atoms with E-state index in [4.69, 9.17) is 9.15 Å². The second-order valence-electron chi connectivity index (χ2n) is 7.58. The van der Waals surface area contributed by atoms with Crippen LogP contribution in [0, 0.1) is 13.8 Å². The lowest BCUT2D eigenvalue weighted by atomic mass is 9.90. The smallest absolute Gasteiger partial charge is 0.257 e. The third-order valence-electron chi connectivity index (χ3n) is 5.60. The van der Waals surface area contributed by atoms with Crippen molar-refractivity contribution in [1.29, 1.82) is 0 Å². The Morgan fingerprint density at radius 2 is 2.11 bits per heavy atom. The maximum Gasteiger partial charge on any atom is 0.257 e. The number of piperidine rings is 1. The van der Waals surface area contributed by atoms with Crippen molar-refractivity contribution in [2.24, 2.45) is 0 Å². The van der Waals surface area contributed by atoms with E-state index in [0.717, 1.165) is 23.6 Å². The topological polar surface area (TPSA) is 75.9 Å². The molecule has 0 saturated carbocycles. The van der Waals surface area contributed by atoms with Crippen molar-refractivity contribution in [3.05, 3.63) is 39.7 Å². The average Bonchev–Trinajstić information content (AvgIpc) is 3.26. The number of likely N-dealkylation sites (tertiary alicyclic amines) is 1. The first-order valence-electron chi connectivity index (χ1n) is 9.62. The number of thiazole rings is 1. The van der Waals surface area contributed by atoms with Crippen LogP contribution in [0.3, 0.4) is 0 Å². The van der Waals surface area contributed by atoms with Crippen molar-refractivity contribution in [3.63, 3.8) is 0 Å². The van der Waals surface area contributed by atoms with Crippen molar-refractivity contribution in [2.75, 3.05) is 26.2 Å². The highest BCUT2D eigenvalue weighted by atomic mass is 32.1. The Morgan fingerprint density at radius 1 is 1.32 bits per heavy atom. The van der Waals surface area contributed by atoms with E-state index in [1.54, 1.807) is 23.6 Å². The van der Waals surface area contributed by atoms with Crippen LogP contribution in [0.5, 0.6) is 0 Å². The molecule has 2 fully saturated rings. The largest absolute Gasteiger partial charge is 0.466 e. The van der Waals surface area contributed by atoms with E-state index in [1.807, 2.05) is 29.0 Å². The van der Waals surface area contributed by atoms with E-state index in [2.05, 4.69) is 4.98 Å². The molecule has 2 aromatic rings. The minimum Gasteiger partial charge on any atom is -0.466 e. The Kier molecular flexibility index (Phi) is 5.25. The molecule has 0 radical (unpaired) electrons. The molecule has 8 heteroatoms. The van der Waals surface area contributed by atoms with Crippen molar-refractivity contribution < 1.29 is 18.7 Å². The zero-order valence-corrected chi connectivity index (χ0v) is 17.1. The quantitative estimate of drug-likeness (QED) is 0.788. The molecule has 4 rings (SSSR count). The SMILES string of the molecule is Cc1cc(C(=O)N2CCC3(CC2)CN(Cc2nccs2)C(=O)CCO3)c(C)o1. The van der Waals surface area contributed by atoms with Gasteiger partial charge >= 0.3 is 0 Å². The van der Waals surface area contributed by atoms with E-state index in [-0.39, 0.29) is 17.4 Å². The molecule has 0 unspecified atom stereocenters. The molecule has 0 N–H and O–H groups in total. The fourth-order valence-corrected chi connectivity index (χ4v) is 4.70. The number of carbonyl (C=O) groups is 2. The normalized spacial score (nSPS) is 19.9. The number of hydrogen-bond donors (Lipinski definition) is 0. The van der Waals surface area contributed by atoms with Gasteiger partial charge in [0.2, 0.25) is 5.91 Å². The summed E-state index contributed by atoms with van der Waals surface area (Å²) in [5.74, 6) is 1.52. The van der Waals surface area contributed by atoms with Gasteiger partial charge < -0.3 is 19.0 Å². The van der Waals surface area contributed by atoms with Crippen LogP contribution in [0.4, 0.5) is 0 Å². The summed E-state index contributed by atoms with van der Waals surface area (Å²) < 4.78 is 11.7. The number of hydrogen-bond acceptors (Lipinski definition) is 6. The molecule has 150 valence electrons. The van der Waals surface area contributed by atoms with Crippen LogP contribution in [0.1, 0.15) is 46.1 Å². The fraction of sp³-hybridized carbons (Fsp3) is 0.550. The molecule has 2 aliphatic heterocycles. The third kappa shape index (κ3) is 3.84. The van der Waals surface area contributed by atoms with Crippen molar-refractivity contribution in [2.45, 2.75) is 45.3 Å². The summed E-state index contributed by atoms with van der Waals surface area (Å²) in [4.78, 5) is 33.4. The standard InChI is InChI=1S/C20H25N3O4S/c1-14-11-16(15(2)27-14)19(25)22-7-4-20(5-8-22)13-23(18(24)3-9-26-20)12-17-21-6-10-28-17/h6,10-11H,3-5,7-9,12-13H2,1-2H3. The van der Waals surface area contributed by atoms with Crippen LogP contribution in [0.25, 0.3) is 0 Å². The number of ether oxygens (including phenoxy) is 1. The van der Waals surface area contributed by atoms with Crippen molar-refractivity contribution in [1.82, 2.24) is 14.8 Å². The first kappa shape index (κ1) is 19.1. The predicted octanol–water partition coefficient (Wildman–Crippen LogP) is 2.78. The van der Waals surface area contributed by atoms with Gasteiger partial charge in [-0.15, -0.1) is 11.3 Å². The fourth-order valence-electron chi connectivity index (χ4n) is 4.07. The summed E-state index contributed by atoms with van der Waals surface area (Å²) in [6.45, 7) is 6.41. The highest BCUT2D eigenvalue weighted by Gasteiger charge is 2.41. The number of nitrogens with zero attached hydrogens (tertiary/aromatic N) is 3. The minimum absolute atomic E-state index is 0.00791. The van der Waals surface area contributed by atoms with Crippen LogP contribution < -0.4 is 0 Å². The van der Waals surface area contributed by atoms with E-state index < -0.39 is 0 Å². The van der Waals surface area contributed by atoms with Gasteiger partial charge in [-0.3, -0.25) is 9.59 Å². The van der Waals surface area contributed by atoms with Gasteiger partial charge in [0.25, 0.3) is 5.91 Å². The molecule has 0 aliphatic carbocycles. The molecule has 2 amide bonds. The van der Waals surface area contributed by atoms with Crippen LogP contribution in [-0.4, -0.2) is 58.4 Å². The van der Waals surface area contributed by atoms with Crippen LogP contribution in [-0.2, 0) is 16.1 Å². The maximum absolute atomic E-state index is 12.9. The molecule has 0 atom stereocenters. The summed E-state index contributed by atoms with van der Waals surface area (Å²) in [5, 5.41) is 2.86. The third-order valence-corrected chi connectivity index (χ3v) is 6.36. The lowest BCUT2D eigenvalue weighted by Crippen LogP contribution is -2.53.